The molecule has 1 aliphatic heterocycles. The van der Waals surface area contributed by atoms with Crippen LogP contribution in [0.5, 0.6) is 0 Å². The van der Waals surface area contributed by atoms with Crippen LogP contribution < -0.4 is 10.6 Å². The number of hydrogen-bond acceptors (Lipinski definition) is 3. The van der Waals surface area contributed by atoms with Gasteiger partial charge in [-0.05, 0) is 51.3 Å². The Bertz CT molecular complexity index is 1010. The lowest BCUT2D eigenvalue weighted by Gasteiger charge is -2.38. The molecule has 0 saturated carbocycles. The van der Waals surface area contributed by atoms with E-state index >= 15 is 0 Å². The van der Waals surface area contributed by atoms with E-state index in [1.807, 2.05) is 12.1 Å². The second kappa shape index (κ2) is 9.96. The van der Waals surface area contributed by atoms with Crippen molar-refractivity contribution in [1.29, 1.82) is 0 Å². The molecular weight excluding hydrogens is 384 g/mol. The lowest BCUT2D eigenvalue weighted by molar-refractivity contribution is 0.134. The van der Waals surface area contributed by atoms with Gasteiger partial charge in [-0.3, -0.25) is 4.90 Å². The number of fused-ring (bicyclic) bond motifs is 1. The molecule has 164 valence electrons. The molecule has 1 aliphatic rings. The third kappa shape index (κ3) is 5.44. The quantitative estimate of drug-likeness (QED) is 0.473. The van der Waals surface area contributed by atoms with Gasteiger partial charge in [0.1, 0.15) is 5.65 Å². The van der Waals surface area contributed by atoms with Crippen LogP contribution in [0.1, 0.15) is 43.6 Å². The molecule has 0 amide bonds. The highest BCUT2D eigenvalue weighted by Crippen LogP contribution is 2.20. The van der Waals surface area contributed by atoms with E-state index < -0.39 is 0 Å². The van der Waals surface area contributed by atoms with Gasteiger partial charge in [0, 0.05) is 43.6 Å². The molecular formula is C25H34N6. The number of likely N-dealkylation sites (tertiary alicyclic amines) is 1. The van der Waals surface area contributed by atoms with Crippen LogP contribution in [0.25, 0.3) is 5.65 Å². The van der Waals surface area contributed by atoms with E-state index in [1.54, 1.807) is 0 Å². The summed E-state index contributed by atoms with van der Waals surface area (Å²) in [5.41, 5.74) is 4.53. The number of pyridine rings is 1. The van der Waals surface area contributed by atoms with Crippen LogP contribution in [-0.4, -0.2) is 45.4 Å². The molecule has 31 heavy (non-hydrogen) atoms. The molecule has 4 rings (SSSR count). The average Bonchev–Trinajstić information content (AvgIpc) is 3.19. The maximum Gasteiger partial charge on any atom is 0.191 e. The number of imidazole rings is 1. The Morgan fingerprint density at radius 2 is 2.00 bits per heavy atom. The maximum atomic E-state index is 4.82. The van der Waals surface area contributed by atoms with Crippen molar-refractivity contribution in [3.05, 3.63) is 71.7 Å². The van der Waals surface area contributed by atoms with Crippen LogP contribution in [0.15, 0.2) is 59.7 Å². The number of guanidine groups is 1. The number of piperidine rings is 1. The summed E-state index contributed by atoms with van der Waals surface area (Å²) in [7, 11) is 0. The van der Waals surface area contributed by atoms with E-state index in [1.165, 1.54) is 11.3 Å². The third-order valence-corrected chi connectivity index (χ3v) is 6.07. The molecule has 2 N–H and O–H groups in total. The molecule has 1 saturated heterocycles. The largest absolute Gasteiger partial charge is 0.357 e. The first kappa shape index (κ1) is 21.4. The number of benzene rings is 1. The monoisotopic (exact) mass is 418 g/mol. The van der Waals surface area contributed by atoms with E-state index in [0.29, 0.717) is 18.6 Å². The molecule has 0 bridgehead atoms. The van der Waals surface area contributed by atoms with Gasteiger partial charge in [-0.15, -0.1) is 0 Å². The molecule has 0 aliphatic carbocycles. The zero-order valence-corrected chi connectivity index (χ0v) is 18.9. The number of hydrogen-bond donors (Lipinski definition) is 2. The van der Waals surface area contributed by atoms with Crippen molar-refractivity contribution < 1.29 is 0 Å². The Kier molecular flexibility index (Phi) is 6.87. The molecule has 1 fully saturated rings. The molecule has 2 unspecified atom stereocenters. The van der Waals surface area contributed by atoms with Crippen LogP contribution in [0.4, 0.5) is 0 Å². The summed E-state index contributed by atoms with van der Waals surface area (Å²) in [5.74, 6) is 0.880. The zero-order valence-electron chi connectivity index (χ0n) is 18.9. The molecule has 6 nitrogen and oxygen atoms in total. The lowest BCUT2D eigenvalue weighted by Crippen LogP contribution is -2.51. The van der Waals surface area contributed by atoms with Crippen LogP contribution in [-0.2, 0) is 13.1 Å². The highest BCUT2D eigenvalue weighted by molar-refractivity contribution is 5.80. The van der Waals surface area contributed by atoms with Crippen LogP contribution in [0, 0.1) is 6.92 Å². The molecule has 3 aromatic rings. The Morgan fingerprint density at radius 3 is 2.74 bits per heavy atom. The van der Waals surface area contributed by atoms with E-state index in [2.05, 4.69) is 83.3 Å². The second-order valence-electron chi connectivity index (χ2n) is 8.49. The van der Waals surface area contributed by atoms with Gasteiger partial charge in [-0.25, -0.2) is 9.98 Å². The van der Waals surface area contributed by atoms with Gasteiger partial charge in [0.2, 0.25) is 0 Å². The van der Waals surface area contributed by atoms with Crippen molar-refractivity contribution in [2.45, 2.75) is 58.8 Å². The van der Waals surface area contributed by atoms with E-state index in [9.17, 15) is 0 Å². The fraction of sp³-hybridized carbons (Fsp3) is 0.440. The van der Waals surface area contributed by atoms with Crippen molar-refractivity contribution in [1.82, 2.24) is 24.9 Å². The van der Waals surface area contributed by atoms with Crippen LogP contribution in [0.2, 0.25) is 0 Å². The molecule has 3 heterocycles. The maximum absolute atomic E-state index is 4.82. The minimum Gasteiger partial charge on any atom is -0.357 e. The van der Waals surface area contributed by atoms with Crippen molar-refractivity contribution in [3.8, 4) is 0 Å². The van der Waals surface area contributed by atoms with Gasteiger partial charge in [0.15, 0.2) is 5.96 Å². The van der Waals surface area contributed by atoms with Gasteiger partial charge in [-0.1, -0.05) is 36.4 Å². The van der Waals surface area contributed by atoms with Crippen LogP contribution in [0.3, 0.4) is 0 Å². The van der Waals surface area contributed by atoms with Gasteiger partial charge in [0.25, 0.3) is 0 Å². The highest BCUT2D eigenvalue weighted by Gasteiger charge is 2.26. The normalized spacial score (nSPS) is 20.2. The Morgan fingerprint density at radius 1 is 1.16 bits per heavy atom. The van der Waals surface area contributed by atoms with E-state index in [0.717, 1.165) is 49.8 Å². The van der Waals surface area contributed by atoms with Crippen molar-refractivity contribution in [2.75, 3.05) is 13.1 Å². The first-order chi connectivity index (χ1) is 15.1. The predicted molar refractivity (Wildman–Crippen MR) is 127 cm³/mol. The molecule has 2 aromatic heterocycles. The summed E-state index contributed by atoms with van der Waals surface area (Å²) in [6.45, 7) is 10.1. The second-order valence-corrected chi connectivity index (χ2v) is 8.49. The fourth-order valence-electron chi connectivity index (χ4n) is 4.35. The van der Waals surface area contributed by atoms with Crippen molar-refractivity contribution in [2.24, 2.45) is 4.99 Å². The summed E-state index contributed by atoms with van der Waals surface area (Å²) in [4.78, 5) is 12.1. The summed E-state index contributed by atoms with van der Waals surface area (Å²) in [6.07, 6.45) is 4.32. The van der Waals surface area contributed by atoms with E-state index in [-0.39, 0.29) is 0 Å². The molecule has 0 spiro atoms. The van der Waals surface area contributed by atoms with Gasteiger partial charge < -0.3 is 15.0 Å². The van der Waals surface area contributed by atoms with E-state index in [4.69, 9.17) is 9.98 Å². The number of aromatic nitrogens is 2. The lowest BCUT2D eigenvalue weighted by atomic mass is 9.97. The Labute approximate surface area is 185 Å². The molecule has 2 atom stereocenters. The number of nitrogens with zero attached hydrogens (tertiary/aromatic N) is 4. The first-order valence-electron chi connectivity index (χ1n) is 11.4. The fourth-order valence-corrected chi connectivity index (χ4v) is 4.35. The summed E-state index contributed by atoms with van der Waals surface area (Å²) in [6, 6.07) is 17.9. The summed E-state index contributed by atoms with van der Waals surface area (Å²) in [5, 5.41) is 7.07. The topological polar surface area (TPSA) is 57.0 Å². The minimum absolute atomic E-state index is 0.433. The predicted octanol–water partition coefficient (Wildman–Crippen LogP) is 3.75. The third-order valence-electron chi connectivity index (χ3n) is 6.07. The van der Waals surface area contributed by atoms with Gasteiger partial charge in [0.05, 0.1) is 12.2 Å². The summed E-state index contributed by atoms with van der Waals surface area (Å²) >= 11 is 0. The number of nitrogens with one attached hydrogen (secondary N) is 2. The SMILES string of the molecule is CCNC(=NCc1cn2c(C)cccc2n1)NC1CCN(Cc2ccccc2)C(C)C1. The van der Waals surface area contributed by atoms with Crippen molar-refractivity contribution in [3.63, 3.8) is 0 Å². The summed E-state index contributed by atoms with van der Waals surface area (Å²) < 4.78 is 2.12. The molecule has 6 heteroatoms. The molecule has 1 aromatic carbocycles. The van der Waals surface area contributed by atoms with Crippen LogP contribution >= 0.6 is 0 Å². The average molecular weight is 419 g/mol. The minimum atomic E-state index is 0.433. The number of aliphatic imine (C=N–C) groups is 1. The van der Waals surface area contributed by atoms with Crippen molar-refractivity contribution >= 4 is 11.6 Å². The number of rotatable bonds is 6. The zero-order chi connectivity index (χ0) is 21.6. The Balaban J connectivity index is 1.36. The van der Waals surface area contributed by atoms with Gasteiger partial charge >= 0.3 is 0 Å². The molecule has 0 radical (unpaired) electrons. The highest BCUT2D eigenvalue weighted by atomic mass is 15.2. The first-order valence-corrected chi connectivity index (χ1v) is 11.4. The standard InChI is InChI=1S/C25H34N6/c1-4-26-25(27-16-23-18-31-19(2)9-8-12-24(31)28-23)29-22-13-14-30(20(3)15-22)17-21-10-6-5-7-11-21/h5-12,18,20,22H,4,13-17H2,1-3H3,(H2,26,27,29). The van der Waals surface area contributed by atoms with Gasteiger partial charge in [-0.2, -0.15) is 0 Å². The number of aryl methyl sites for hydroxylation is 1. The smallest absolute Gasteiger partial charge is 0.191 e. The Hall–Kier alpha value is -2.86.